The molecule has 3 rings (SSSR count). The quantitative estimate of drug-likeness (QED) is 0.770. The minimum Gasteiger partial charge on any atom is -0.328 e. The monoisotopic (exact) mass is 292 g/mol. The maximum Gasteiger partial charge on any atom is 0.0989 e. The van der Waals surface area contributed by atoms with Gasteiger partial charge in [0.2, 0.25) is 0 Å². The van der Waals surface area contributed by atoms with Gasteiger partial charge in [-0.15, -0.1) is 0 Å². The summed E-state index contributed by atoms with van der Waals surface area (Å²) in [6.07, 6.45) is 4.36. The first-order chi connectivity index (χ1) is 10.5. The molecule has 2 heteroatoms. The van der Waals surface area contributed by atoms with Gasteiger partial charge in [0.05, 0.1) is 6.67 Å². The van der Waals surface area contributed by atoms with E-state index in [1.54, 1.807) is 0 Å². The molecule has 2 aromatic rings. The van der Waals surface area contributed by atoms with Gasteiger partial charge in [0.1, 0.15) is 0 Å². The molecule has 0 fully saturated rings. The van der Waals surface area contributed by atoms with E-state index >= 15 is 0 Å². The highest BCUT2D eigenvalue weighted by Gasteiger charge is 2.19. The highest BCUT2D eigenvalue weighted by atomic mass is 15.3. The summed E-state index contributed by atoms with van der Waals surface area (Å²) in [5.41, 5.74) is 9.25. The molecule has 0 aromatic heterocycles. The van der Waals surface area contributed by atoms with E-state index < -0.39 is 0 Å². The van der Waals surface area contributed by atoms with Crippen LogP contribution in [0, 0.1) is 34.6 Å². The number of rotatable bonds is 2. The molecule has 2 aromatic carbocycles. The minimum atomic E-state index is 0.870. The Morgan fingerprint density at radius 1 is 0.682 bits per heavy atom. The van der Waals surface area contributed by atoms with Crippen molar-refractivity contribution in [3.8, 4) is 0 Å². The van der Waals surface area contributed by atoms with Crippen molar-refractivity contribution in [3.05, 3.63) is 70.5 Å². The molecule has 0 unspecified atom stereocenters. The zero-order valence-electron chi connectivity index (χ0n) is 14.1. The lowest BCUT2D eigenvalue weighted by molar-refractivity contribution is 0.959. The largest absolute Gasteiger partial charge is 0.328 e. The first kappa shape index (κ1) is 14.7. The molecule has 22 heavy (non-hydrogen) atoms. The van der Waals surface area contributed by atoms with Crippen molar-refractivity contribution in [1.29, 1.82) is 0 Å². The fraction of sp³-hybridized carbons (Fsp3) is 0.300. The van der Waals surface area contributed by atoms with Gasteiger partial charge < -0.3 is 9.80 Å². The molecular formula is C20H24N2. The number of hydrogen-bond acceptors (Lipinski definition) is 2. The molecular weight excluding hydrogens is 268 g/mol. The third kappa shape index (κ3) is 2.61. The number of hydrogen-bond donors (Lipinski definition) is 0. The molecule has 1 heterocycles. The van der Waals surface area contributed by atoms with Crippen LogP contribution in [-0.4, -0.2) is 6.67 Å². The summed E-state index contributed by atoms with van der Waals surface area (Å²) < 4.78 is 0. The van der Waals surface area contributed by atoms with Gasteiger partial charge in [-0.2, -0.15) is 0 Å². The maximum atomic E-state index is 2.34. The third-order valence-corrected chi connectivity index (χ3v) is 4.32. The predicted molar refractivity (Wildman–Crippen MR) is 95.5 cm³/mol. The van der Waals surface area contributed by atoms with E-state index in [1.165, 1.54) is 39.2 Å². The van der Waals surface area contributed by atoms with Crippen LogP contribution < -0.4 is 9.80 Å². The van der Waals surface area contributed by atoms with Crippen LogP contribution in [0.15, 0.2) is 42.7 Å². The van der Waals surface area contributed by atoms with Crippen LogP contribution in [0.3, 0.4) is 0 Å². The van der Waals surface area contributed by atoms with E-state index in [1.807, 2.05) is 0 Å². The molecule has 0 saturated carbocycles. The molecule has 0 spiro atoms. The summed E-state index contributed by atoms with van der Waals surface area (Å²) in [7, 11) is 0. The van der Waals surface area contributed by atoms with Gasteiger partial charge in [-0.05, 0) is 57.4 Å². The molecule has 0 bridgehead atoms. The second kappa shape index (κ2) is 5.53. The Kier molecular flexibility index (Phi) is 3.69. The van der Waals surface area contributed by atoms with Gasteiger partial charge in [0, 0.05) is 23.8 Å². The lowest BCUT2D eigenvalue weighted by Gasteiger charge is -2.25. The SMILES string of the molecule is Cc1ccc(N2C=CN(c3c(C)cc(C)cc3C)C2)c(C)c1. The summed E-state index contributed by atoms with van der Waals surface area (Å²) in [6, 6.07) is 11.2. The van der Waals surface area contributed by atoms with Gasteiger partial charge >= 0.3 is 0 Å². The smallest absolute Gasteiger partial charge is 0.0989 e. The van der Waals surface area contributed by atoms with Crippen molar-refractivity contribution in [2.24, 2.45) is 0 Å². The molecule has 114 valence electrons. The topological polar surface area (TPSA) is 6.48 Å². The van der Waals surface area contributed by atoms with Crippen molar-refractivity contribution >= 4 is 11.4 Å². The maximum absolute atomic E-state index is 2.34. The molecule has 0 N–H and O–H groups in total. The molecule has 0 saturated heterocycles. The van der Waals surface area contributed by atoms with Crippen molar-refractivity contribution < 1.29 is 0 Å². The van der Waals surface area contributed by atoms with Crippen LogP contribution in [0.1, 0.15) is 27.8 Å². The van der Waals surface area contributed by atoms with E-state index in [-0.39, 0.29) is 0 Å². The first-order valence-electron chi connectivity index (χ1n) is 7.82. The molecule has 0 radical (unpaired) electrons. The molecule has 0 aliphatic carbocycles. The molecule has 1 aliphatic heterocycles. The number of nitrogens with zero attached hydrogens (tertiary/aromatic N) is 2. The first-order valence-corrected chi connectivity index (χ1v) is 7.82. The number of aryl methyl sites for hydroxylation is 5. The van der Waals surface area contributed by atoms with Gasteiger partial charge in [-0.3, -0.25) is 0 Å². The van der Waals surface area contributed by atoms with E-state index in [0.717, 1.165) is 6.67 Å². The number of benzene rings is 2. The van der Waals surface area contributed by atoms with E-state index in [2.05, 4.69) is 87.2 Å². The van der Waals surface area contributed by atoms with Crippen molar-refractivity contribution in [2.45, 2.75) is 34.6 Å². The summed E-state index contributed by atoms with van der Waals surface area (Å²) in [6.45, 7) is 11.7. The average Bonchev–Trinajstić information content (AvgIpc) is 2.86. The third-order valence-electron chi connectivity index (χ3n) is 4.32. The van der Waals surface area contributed by atoms with E-state index in [9.17, 15) is 0 Å². The Morgan fingerprint density at radius 2 is 1.27 bits per heavy atom. The normalized spacial score (nSPS) is 14.0. The lowest BCUT2D eigenvalue weighted by Crippen LogP contribution is -2.26. The molecule has 2 nitrogen and oxygen atoms in total. The van der Waals surface area contributed by atoms with Crippen LogP contribution in [-0.2, 0) is 0 Å². The van der Waals surface area contributed by atoms with Crippen LogP contribution in [0.5, 0.6) is 0 Å². The Balaban J connectivity index is 1.89. The standard InChI is InChI=1S/C20H24N2/c1-14-6-7-19(16(3)10-14)21-8-9-22(13-21)20-17(4)11-15(2)12-18(20)5/h6-12H,13H2,1-5H3. The molecule has 0 atom stereocenters. The second-order valence-corrected chi connectivity index (χ2v) is 6.42. The van der Waals surface area contributed by atoms with Crippen molar-refractivity contribution in [2.75, 3.05) is 16.5 Å². The van der Waals surface area contributed by atoms with Crippen molar-refractivity contribution in [1.82, 2.24) is 0 Å². The minimum absolute atomic E-state index is 0.870. The Labute approximate surface area is 133 Å². The predicted octanol–water partition coefficient (Wildman–Crippen LogP) is 4.98. The molecule has 0 amide bonds. The summed E-state index contributed by atoms with van der Waals surface area (Å²) in [4.78, 5) is 4.65. The zero-order valence-corrected chi connectivity index (χ0v) is 14.1. The Bertz CT molecular complexity index is 720. The van der Waals surface area contributed by atoms with Gasteiger partial charge in [-0.1, -0.05) is 35.4 Å². The van der Waals surface area contributed by atoms with Crippen molar-refractivity contribution in [3.63, 3.8) is 0 Å². The molecule has 1 aliphatic rings. The zero-order chi connectivity index (χ0) is 15.9. The Hall–Kier alpha value is -2.22. The lowest BCUT2D eigenvalue weighted by atomic mass is 10.0. The van der Waals surface area contributed by atoms with Crippen LogP contribution in [0.4, 0.5) is 11.4 Å². The van der Waals surface area contributed by atoms with Crippen LogP contribution in [0.2, 0.25) is 0 Å². The fourth-order valence-electron chi connectivity index (χ4n) is 3.47. The Morgan fingerprint density at radius 3 is 1.91 bits per heavy atom. The fourth-order valence-corrected chi connectivity index (χ4v) is 3.47. The second-order valence-electron chi connectivity index (χ2n) is 6.42. The number of anilines is 2. The van der Waals surface area contributed by atoms with Crippen LogP contribution in [0.25, 0.3) is 0 Å². The summed E-state index contributed by atoms with van der Waals surface area (Å²) >= 11 is 0. The summed E-state index contributed by atoms with van der Waals surface area (Å²) in [5, 5.41) is 0. The van der Waals surface area contributed by atoms with Gasteiger partial charge in [0.25, 0.3) is 0 Å². The average molecular weight is 292 g/mol. The van der Waals surface area contributed by atoms with Gasteiger partial charge in [-0.25, -0.2) is 0 Å². The highest BCUT2D eigenvalue weighted by molar-refractivity contribution is 5.67. The van der Waals surface area contributed by atoms with Crippen LogP contribution >= 0.6 is 0 Å². The highest BCUT2D eigenvalue weighted by Crippen LogP contribution is 2.31. The van der Waals surface area contributed by atoms with E-state index in [0.29, 0.717) is 0 Å². The summed E-state index contributed by atoms with van der Waals surface area (Å²) in [5.74, 6) is 0. The van der Waals surface area contributed by atoms with Gasteiger partial charge in [0.15, 0.2) is 0 Å². The van der Waals surface area contributed by atoms with E-state index in [4.69, 9.17) is 0 Å².